The Morgan fingerprint density at radius 1 is 1.26 bits per heavy atom. The molecule has 0 N–H and O–H groups in total. The number of nitrogens with zero attached hydrogens (tertiary/aromatic N) is 1. The molecule has 0 saturated carbocycles. The first-order valence-corrected chi connectivity index (χ1v) is 8.98. The van der Waals surface area contributed by atoms with Crippen molar-refractivity contribution in [3.63, 3.8) is 0 Å². The predicted molar refractivity (Wildman–Crippen MR) is 92.7 cm³/mol. The highest BCUT2D eigenvalue weighted by Crippen LogP contribution is 2.35. The second kappa shape index (κ2) is 6.78. The maximum atomic E-state index is 12.8. The molecule has 2 aromatic heterocycles. The van der Waals surface area contributed by atoms with E-state index in [9.17, 15) is 9.59 Å². The van der Waals surface area contributed by atoms with Gasteiger partial charge in [-0.2, -0.15) is 0 Å². The van der Waals surface area contributed by atoms with Crippen molar-refractivity contribution in [1.82, 2.24) is 4.98 Å². The molecule has 0 aliphatic rings. The summed E-state index contributed by atoms with van der Waals surface area (Å²) in [6, 6.07) is 6.71. The minimum absolute atomic E-state index is 0.0479. The van der Waals surface area contributed by atoms with E-state index >= 15 is 0 Å². The van der Waals surface area contributed by atoms with Gasteiger partial charge in [-0.3, -0.25) is 9.59 Å². The Bertz CT molecular complexity index is 867. The summed E-state index contributed by atoms with van der Waals surface area (Å²) in [6.45, 7) is 2.06. The molecule has 0 unspecified atom stereocenters. The van der Waals surface area contributed by atoms with Crippen molar-refractivity contribution in [3.05, 3.63) is 50.8 Å². The summed E-state index contributed by atoms with van der Waals surface area (Å²) in [5.74, 6) is -0.485. The Morgan fingerprint density at radius 2 is 2.00 bits per heavy atom. The van der Waals surface area contributed by atoms with E-state index in [0.29, 0.717) is 33.2 Å². The SMILES string of the molecule is CCOC(=O)Cc1c(C(=O)c2ccc(Cl)cc2)sc2scnc12. The number of esters is 1. The lowest BCUT2D eigenvalue weighted by atomic mass is 10.0. The topological polar surface area (TPSA) is 56.3 Å². The average molecular weight is 366 g/mol. The highest BCUT2D eigenvalue weighted by atomic mass is 35.5. The van der Waals surface area contributed by atoms with Gasteiger partial charge in [-0.25, -0.2) is 4.98 Å². The van der Waals surface area contributed by atoms with E-state index in [4.69, 9.17) is 16.3 Å². The zero-order chi connectivity index (χ0) is 16.4. The Morgan fingerprint density at radius 3 is 2.70 bits per heavy atom. The minimum Gasteiger partial charge on any atom is -0.466 e. The van der Waals surface area contributed by atoms with Gasteiger partial charge < -0.3 is 4.74 Å². The van der Waals surface area contributed by atoms with Crippen LogP contribution in [0.3, 0.4) is 0 Å². The number of thiazole rings is 1. The van der Waals surface area contributed by atoms with Crippen LogP contribution in [0.1, 0.15) is 27.7 Å². The van der Waals surface area contributed by atoms with E-state index in [-0.39, 0.29) is 18.2 Å². The van der Waals surface area contributed by atoms with Crippen LogP contribution in [0.5, 0.6) is 0 Å². The Balaban J connectivity index is 2.02. The lowest BCUT2D eigenvalue weighted by Gasteiger charge is -2.04. The zero-order valence-corrected chi connectivity index (χ0v) is 14.6. The summed E-state index contributed by atoms with van der Waals surface area (Å²) in [4.78, 5) is 29.5. The van der Waals surface area contributed by atoms with Crippen LogP contribution in [0.4, 0.5) is 0 Å². The van der Waals surface area contributed by atoms with Gasteiger partial charge in [0.25, 0.3) is 0 Å². The third-order valence-corrected chi connectivity index (χ3v) is 5.65. The van der Waals surface area contributed by atoms with E-state index in [1.165, 1.54) is 22.7 Å². The molecule has 0 aliphatic heterocycles. The van der Waals surface area contributed by atoms with Crippen LogP contribution in [-0.4, -0.2) is 23.3 Å². The van der Waals surface area contributed by atoms with Crippen LogP contribution in [0.25, 0.3) is 9.53 Å². The number of benzene rings is 1. The van der Waals surface area contributed by atoms with Gasteiger partial charge in [0.05, 0.1) is 28.9 Å². The van der Waals surface area contributed by atoms with Crippen molar-refractivity contribution in [3.8, 4) is 0 Å². The van der Waals surface area contributed by atoms with E-state index in [1.54, 1.807) is 36.7 Å². The van der Waals surface area contributed by atoms with Gasteiger partial charge in [-0.05, 0) is 31.2 Å². The van der Waals surface area contributed by atoms with Gasteiger partial charge in [0.2, 0.25) is 5.78 Å². The molecular weight excluding hydrogens is 354 g/mol. The molecule has 0 spiro atoms. The van der Waals surface area contributed by atoms with Gasteiger partial charge >= 0.3 is 5.97 Å². The van der Waals surface area contributed by atoms with Gasteiger partial charge in [-0.1, -0.05) is 11.6 Å². The smallest absolute Gasteiger partial charge is 0.310 e. The first-order valence-electron chi connectivity index (χ1n) is 6.91. The summed E-state index contributed by atoms with van der Waals surface area (Å²) < 4.78 is 5.94. The van der Waals surface area contributed by atoms with Crippen LogP contribution < -0.4 is 0 Å². The number of ketones is 1. The average Bonchev–Trinajstić information content (AvgIpc) is 3.10. The summed E-state index contributed by atoms with van der Waals surface area (Å²) in [5, 5.41) is 0.571. The maximum Gasteiger partial charge on any atom is 0.310 e. The molecule has 0 amide bonds. The number of fused-ring (bicyclic) bond motifs is 1. The molecule has 0 atom stereocenters. The van der Waals surface area contributed by atoms with Crippen LogP contribution in [-0.2, 0) is 16.0 Å². The molecule has 0 fully saturated rings. The van der Waals surface area contributed by atoms with Crippen molar-refractivity contribution in [1.29, 1.82) is 0 Å². The summed E-state index contributed by atoms with van der Waals surface area (Å²) in [5.41, 5.74) is 3.61. The molecule has 3 aromatic rings. The van der Waals surface area contributed by atoms with Crippen LogP contribution >= 0.6 is 34.3 Å². The van der Waals surface area contributed by atoms with Crippen LogP contribution in [0.2, 0.25) is 5.02 Å². The third kappa shape index (κ3) is 3.29. The number of ether oxygens (including phenoxy) is 1. The molecule has 23 heavy (non-hydrogen) atoms. The van der Waals surface area contributed by atoms with Crippen molar-refractivity contribution < 1.29 is 14.3 Å². The van der Waals surface area contributed by atoms with Crippen molar-refractivity contribution in [2.75, 3.05) is 6.61 Å². The fourth-order valence-corrected chi connectivity index (χ4v) is 4.41. The molecule has 0 aliphatic carbocycles. The summed E-state index contributed by atoms with van der Waals surface area (Å²) >= 11 is 8.69. The summed E-state index contributed by atoms with van der Waals surface area (Å²) in [6.07, 6.45) is 0.0479. The van der Waals surface area contributed by atoms with Crippen molar-refractivity contribution in [2.45, 2.75) is 13.3 Å². The quantitative estimate of drug-likeness (QED) is 0.498. The lowest BCUT2D eigenvalue weighted by Crippen LogP contribution is -2.10. The maximum absolute atomic E-state index is 12.8. The van der Waals surface area contributed by atoms with E-state index in [0.717, 1.165) is 4.01 Å². The molecule has 0 radical (unpaired) electrons. The van der Waals surface area contributed by atoms with Gasteiger partial charge in [-0.15, -0.1) is 22.7 Å². The normalized spacial score (nSPS) is 10.9. The van der Waals surface area contributed by atoms with Crippen molar-refractivity contribution >= 4 is 55.6 Å². The third-order valence-electron chi connectivity index (χ3n) is 3.23. The largest absolute Gasteiger partial charge is 0.466 e. The fraction of sp³-hybridized carbons (Fsp3) is 0.188. The first-order chi connectivity index (χ1) is 11.1. The van der Waals surface area contributed by atoms with Gasteiger partial charge in [0, 0.05) is 16.1 Å². The first kappa shape index (κ1) is 16.1. The Labute approximate surface area is 145 Å². The number of hydrogen-bond acceptors (Lipinski definition) is 6. The number of carbonyl (C=O) groups excluding carboxylic acids is 2. The molecule has 0 saturated heterocycles. The number of carbonyl (C=O) groups is 2. The number of rotatable bonds is 5. The van der Waals surface area contributed by atoms with E-state index < -0.39 is 0 Å². The number of aromatic nitrogens is 1. The molecule has 118 valence electrons. The fourth-order valence-electron chi connectivity index (χ4n) is 2.21. The molecule has 0 bridgehead atoms. The van der Waals surface area contributed by atoms with Crippen molar-refractivity contribution in [2.24, 2.45) is 0 Å². The molecule has 3 rings (SSSR count). The summed E-state index contributed by atoms with van der Waals surface area (Å²) in [7, 11) is 0. The highest BCUT2D eigenvalue weighted by Gasteiger charge is 2.23. The lowest BCUT2D eigenvalue weighted by molar-refractivity contribution is -0.142. The zero-order valence-electron chi connectivity index (χ0n) is 12.2. The van der Waals surface area contributed by atoms with E-state index in [1.807, 2.05) is 0 Å². The number of hydrogen-bond donors (Lipinski definition) is 0. The van der Waals surface area contributed by atoms with Crippen LogP contribution in [0.15, 0.2) is 29.8 Å². The second-order valence-electron chi connectivity index (χ2n) is 4.72. The molecule has 2 heterocycles. The molecular formula is C16H12ClNO3S2. The minimum atomic E-state index is -0.356. The van der Waals surface area contributed by atoms with Gasteiger partial charge in [0.1, 0.15) is 4.01 Å². The predicted octanol–water partition coefficient (Wildman–Crippen LogP) is 4.35. The monoisotopic (exact) mass is 365 g/mol. The Kier molecular flexibility index (Phi) is 4.75. The number of thiophene rings is 1. The number of halogens is 1. The van der Waals surface area contributed by atoms with Crippen LogP contribution in [0, 0.1) is 0 Å². The highest BCUT2D eigenvalue weighted by molar-refractivity contribution is 7.38. The molecule has 7 heteroatoms. The van der Waals surface area contributed by atoms with E-state index in [2.05, 4.69) is 4.98 Å². The molecule has 4 nitrogen and oxygen atoms in total. The molecule has 1 aromatic carbocycles. The van der Waals surface area contributed by atoms with Gasteiger partial charge in [0.15, 0.2) is 0 Å². The second-order valence-corrected chi connectivity index (χ2v) is 7.29. The Hall–Kier alpha value is -1.76. The standard InChI is InChI=1S/C16H12ClNO3S2/c1-2-21-12(19)7-11-13-16(22-8-18-13)23-15(11)14(20)9-3-5-10(17)6-4-9/h3-6,8H,2,7H2,1H3.